The molecule has 6 rings (SSSR count). The fraction of sp³-hybridized carbons (Fsp3) is 0.273. The van der Waals surface area contributed by atoms with Crippen molar-refractivity contribution in [1.82, 2.24) is 19.5 Å². The third kappa shape index (κ3) is 5.48. The summed E-state index contributed by atoms with van der Waals surface area (Å²) in [6, 6.07) is 30.0. The molecule has 0 aliphatic carbocycles. The van der Waals surface area contributed by atoms with Crippen molar-refractivity contribution in [3.63, 3.8) is 0 Å². The van der Waals surface area contributed by atoms with Crippen LogP contribution in [0.1, 0.15) is 43.2 Å². The van der Waals surface area contributed by atoms with Crippen molar-refractivity contribution in [3.8, 4) is 0 Å². The van der Waals surface area contributed by atoms with Crippen LogP contribution in [-0.2, 0) is 19.9 Å². The number of aliphatic hydroxyl groups is 1. The Labute approximate surface area is 248 Å². The Morgan fingerprint density at radius 3 is 2.12 bits per heavy atom. The Bertz CT molecular complexity index is 1660. The maximum atomic E-state index is 12.7. The van der Waals surface area contributed by atoms with E-state index in [1.54, 1.807) is 18.4 Å². The Morgan fingerprint density at radius 1 is 1.02 bits per heavy atom. The first-order valence-electron chi connectivity index (χ1n) is 14.3. The molecule has 0 bridgehead atoms. The molecule has 1 fully saturated rings. The van der Waals surface area contributed by atoms with Crippen molar-refractivity contribution in [1.29, 1.82) is 0 Å². The molecule has 0 saturated carbocycles. The van der Waals surface area contributed by atoms with Crippen molar-refractivity contribution in [2.75, 3.05) is 11.9 Å². The van der Waals surface area contributed by atoms with Gasteiger partial charge in [0.1, 0.15) is 17.9 Å². The number of aliphatic hydroxyl groups excluding tert-OH is 1. The summed E-state index contributed by atoms with van der Waals surface area (Å²) in [7, 11) is 0. The molecule has 1 aliphatic heterocycles. The van der Waals surface area contributed by atoms with Gasteiger partial charge in [0.15, 0.2) is 11.2 Å². The van der Waals surface area contributed by atoms with Crippen molar-refractivity contribution < 1.29 is 19.4 Å². The van der Waals surface area contributed by atoms with Crippen LogP contribution >= 0.6 is 0 Å². The lowest BCUT2D eigenvalue weighted by Gasteiger charge is -2.37. The van der Waals surface area contributed by atoms with Crippen molar-refractivity contribution in [3.05, 3.63) is 124 Å². The molecule has 0 unspecified atom stereocenters. The number of carbonyl (C=O) groups is 1. The molecular formula is C33H33N5O5. The average molecular weight is 580 g/mol. The van der Waals surface area contributed by atoms with Crippen molar-refractivity contribution in [2.24, 2.45) is 5.92 Å². The zero-order chi connectivity index (χ0) is 30.0. The molecule has 5 aromatic rings. The third-order valence-corrected chi connectivity index (χ3v) is 7.72. The van der Waals surface area contributed by atoms with Gasteiger partial charge < -0.3 is 14.6 Å². The normalized spacial score (nSPS) is 18.7. The molecule has 1 amide bonds. The lowest BCUT2D eigenvalue weighted by molar-refractivity contribution is -0.118. The number of hydrogen-bond donors (Lipinski definition) is 3. The molecule has 10 heteroatoms. The molecule has 3 N–H and O–H groups in total. The highest BCUT2D eigenvalue weighted by Gasteiger charge is 2.42. The Kier molecular flexibility index (Phi) is 7.90. The number of anilines is 1. The molecule has 220 valence electrons. The standard InChI is InChI=1S/C33H33N5O5/c1-21(2)30(40)36-32-35-29-28(31(41)37-32)34-20-38(29)27-18-25(39)26(43-27)19-42-33(22-12-6-3-7-13-22,23-14-8-4-9-15-23)24-16-10-5-11-17-24/h3-17,20-21,25-27,39H,18-19H2,1-2H3,(H2,35,36,37,40,41)/t25-,26-,27-/m1/s1. The van der Waals surface area contributed by atoms with Crippen LogP contribution in [0.3, 0.4) is 0 Å². The highest BCUT2D eigenvalue weighted by atomic mass is 16.6. The summed E-state index contributed by atoms with van der Waals surface area (Å²) >= 11 is 0. The predicted molar refractivity (Wildman–Crippen MR) is 161 cm³/mol. The minimum atomic E-state index is -0.967. The molecule has 0 spiro atoms. The smallest absolute Gasteiger partial charge is 0.280 e. The number of aromatic nitrogens is 4. The number of fused-ring (bicyclic) bond motifs is 1. The van der Waals surface area contributed by atoms with E-state index in [0.29, 0.717) is 0 Å². The van der Waals surface area contributed by atoms with Gasteiger partial charge in [-0.1, -0.05) is 105 Å². The summed E-state index contributed by atoms with van der Waals surface area (Å²) in [5, 5.41) is 13.8. The van der Waals surface area contributed by atoms with Crippen LogP contribution in [0.4, 0.5) is 5.95 Å². The highest BCUT2D eigenvalue weighted by Crippen LogP contribution is 2.41. The number of amides is 1. The zero-order valence-electron chi connectivity index (χ0n) is 23.9. The van der Waals surface area contributed by atoms with Crippen LogP contribution in [0.15, 0.2) is 102 Å². The topological polar surface area (TPSA) is 131 Å². The van der Waals surface area contributed by atoms with Crippen LogP contribution in [0.25, 0.3) is 11.2 Å². The van der Waals surface area contributed by atoms with E-state index in [9.17, 15) is 14.7 Å². The summed E-state index contributed by atoms with van der Waals surface area (Å²) in [6.07, 6.45) is -0.499. The van der Waals surface area contributed by atoms with Gasteiger partial charge in [0, 0.05) is 12.3 Å². The van der Waals surface area contributed by atoms with Gasteiger partial charge in [-0.05, 0) is 16.7 Å². The Balaban J connectivity index is 1.31. The second-order valence-electron chi connectivity index (χ2n) is 10.9. The molecule has 1 aliphatic rings. The molecule has 2 aromatic heterocycles. The van der Waals surface area contributed by atoms with Crippen molar-refractivity contribution in [2.45, 2.75) is 44.3 Å². The molecule has 0 radical (unpaired) electrons. The number of nitrogens with one attached hydrogen (secondary N) is 2. The number of benzene rings is 3. The lowest BCUT2D eigenvalue weighted by Crippen LogP contribution is -2.38. The van der Waals surface area contributed by atoms with Crippen LogP contribution in [0.5, 0.6) is 0 Å². The summed E-state index contributed by atoms with van der Waals surface area (Å²) in [4.78, 5) is 36.1. The van der Waals surface area contributed by atoms with Gasteiger partial charge in [0.2, 0.25) is 11.9 Å². The van der Waals surface area contributed by atoms with E-state index in [1.165, 1.54) is 6.33 Å². The van der Waals surface area contributed by atoms with Gasteiger partial charge in [-0.2, -0.15) is 4.98 Å². The van der Waals surface area contributed by atoms with E-state index in [1.807, 2.05) is 91.0 Å². The van der Waals surface area contributed by atoms with Gasteiger partial charge in [-0.3, -0.25) is 24.5 Å². The fourth-order valence-corrected chi connectivity index (χ4v) is 5.47. The number of carbonyl (C=O) groups excluding carboxylic acids is 1. The summed E-state index contributed by atoms with van der Waals surface area (Å²) in [6.45, 7) is 3.56. The van der Waals surface area contributed by atoms with Crippen LogP contribution in [0.2, 0.25) is 0 Å². The van der Waals surface area contributed by atoms with Gasteiger partial charge >= 0.3 is 0 Å². The second-order valence-corrected chi connectivity index (χ2v) is 10.9. The van der Waals surface area contributed by atoms with Crippen molar-refractivity contribution >= 4 is 23.0 Å². The monoisotopic (exact) mass is 579 g/mol. The van der Waals surface area contributed by atoms with E-state index in [-0.39, 0.29) is 42.0 Å². The first-order chi connectivity index (χ1) is 20.9. The SMILES string of the molecule is CC(C)C(=O)Nc1nc2c(ncn2[C@H]2C[C@@H](O)[C@@H](COC(c3ccccc3)(c3ccccc3)c3ccccc3)O2)c(=O)[nH]1. The second kappa shape index (κ2) is 11.9. The van der Waals surface area contributed by atoms with E-state index in [2.05, 4.69) is 20.3 Å². The molecule has 10 nitrogen and oxygen atoms in total. The molecular weight excluding hydrogens is 546 g/mol. The number of imidazole rings is 1. The number of hydrogen-bond acceptors (Lipinski definition) is 7. The zero-order valence-corrected chi connectivity index (χ0v) is 23.9. The molecule has 3 heterocycles. The van der Waals surface area contributed by atoms with E-state index >= 15 is 0 Å². The van der Waals surface area contributed by atoms with E-state index in [4.69, 9.17) is 9.47 Å². The first kappa shape index (κ1) is 28.5. The minimum Gasteiger partial charge on any atom is -0.390 e. The maximum Gasteiger partial charge on any atom is 0.280 e. The average Bonchev–Trinajstić information content (AvgIpc) is 3.62. The Hall–Kier alpha value is -4.64. The van der Waals surface area contributed by atoms with Crippen LogP contribution in [-0.4, -0.2) is 49.3 Å². The molecule has 3 atom stereocenters. The Morgan fingerprint density at radius 2 is 1.58 bits per heavy atom. The number of nitrogens with zero attached hydrogens (tertiary/aromatic N) is 3. The van der Waals surface area contributed by atoms with Gasteiger partial charge in [0.25, 0.3) is 5.56 Å². The fourth-order valence-electron chi connectivity index (χ4n) is 5.47. The summed E-state index contributed by atoms with van der Waals surface area (Å²) < 4.78 is 14.8. The van der Waals surface area contributed by atoms with Gasteiger partial charge in [-0.25, -0.2) is 4.98 Å². The number of H-pyrrole nitrogens is 1. The minimum absolute atomic E-state index is 0.0229. The molecule has 43 heavy (non-hydrogen) atoms. The number of rotatable bonds is 9. The van der Waals surface area contributed by atoms with Gasteiger partial charge in [0.05, 0.1) is 19.0 Å². The summed E-state index contributed by atoms with van der Waals surface area (Å²) in [5.41, 5.74) is 1.72. The molecule has 3 aromatic carbocycles. The lowest BCUT2D eigenvalue weighted by atomic mass is 9.80. The highest BCUT2D eigenvalue weighted by molar-refractivity contribution is 5.91. The van der Waals surface area contributed by atoms with E-state index < -0.39 is 29.6 Å². The number of ether oxygens (including phenoxy) is 2. The molecule has 1 saturated heterocycles. The summed E-state index contributed by atoms with van der Waals surface area (Å²) in [5.74, 6) is -0.554. The maximum absolute atomic E-state index is 12.7. The van der Waals surface area contributed by atoms with Crippen LogP contribution < -0.4 is 10.9 Å². The quantitative estimate of drug-likeness (QED) is 0.221. The number of aromatic amines is 1. The largest absolute Gasteiger partial charge is 0.390 e. The first-order valence-corrected chi connectivity index (χ1v) is 14.3. The third-order valence-electron chi connectivity index (χ3n) is 7.72. The van der Waals surface area contributed by atoms with Crippen LogP contribution in [0, 0.1) is 5.92 Å². The predicted octanol–water partition coefficient (Wildman–Crippen LogP) is 4.37. The van der Waals surface area contributed by atoms with Gasteiger partial charge in [-0.15, -0.1) is 0 Å². The van der Waals surface area contributed by atoms with E-state index in [0.717, 1.165) is 16.7 Å².